The average Bonchev–Trinajstić information content (AvgIpc) is 2.72. The van der Waals surface area contributed by atoms with Gasteiger partial charge in [-0.2, -0.15) is 0 Å². The average molecular weight is 274 g/mol. The normalized spacial score (nSPS) is 28.9. The monoisotopic (exact) mass is 274 g/mol. The van der Waals surface area contributed by atoms with Crippen LogP contribution in [0.2, 0.25) is 0 Å². The first-order valence-corrected chi connectivity index (χ1v) is 9.11. The van der Waals surface area contributed by atoms with Crippen molar-refractivity contribution in [2.24, 2.45) is 5.73 Å². The van der Waals surface area contributed by atoms with Gasteiger partial charge in [-0.05, 0) is 38.8 Å². The van der Waals surface area contributed by atoms with Gasteiger partial charge < -0.3 is 5.73 Å². The molecule has 4 nitrogen and oxygen atoms in total. The molecule has 1 atom stereocenters. The molecule has 0 amide bonds. The van der Waals surface area contributed by atoms with Crippen LogP contribution in [0, 0.1) is 0 Å². The molecular weight excluding hydrogens is 248 g/mol. The molecule has 0 radical (unpaired) electrons. The number of nitrogens with two attached hydrogens (primary N) is 1. The second-order valence-corrected chi connectivity index (χ2v) is 7.96. The van der Waals surface area contributed by atoms with Crippen molar-refractivity contribution in [1.29, 1.82) is 0 Å². The van der Waals surface area contributed by atoms with E-state index in [1.165, 1.54) is 32.1 Å². The van der Waals surface area contributed by atoms with E-state index in [2.05, 4.69) is 4.90 Å². The number of hydrogen-bond donors (Lipinski definition) is 1. The van der Waals surface area contributed by atoms with Crippen LogP contribution in [-0.4, -0.2) is 50.0 Å². The van der Waals surface area contributed by atoms with Gasteiger partial charge in [0, 0.05) is 12.1 Å². The first-order chi connectivity index (χ1) is 8.62. The number of nitrogens with zero attached hydrogens (tertiary/aromatic N) is 1. The molecule has 2 N–H and O–H groups in total. The lowest BCUT2D eigenvalue weighted by Crippen LogP contribution is -2.45. The van der Waals surface area contributed by atoms with Crippen molar-refractivity contribution in [2.45, 2.75) is 57.0 Å². The van der Waals surface area contributed by atoms with Gasteiger partial charge in [0.25, 0.3) is 0 Å². The molecule has 5 heteroatoms. The number of sulfone groups is 1. The van der Waals surface area contributed by atoms with Gasteiger partial charge in [0.2, 0.25) is 0 Å². The van der Waals surface area contributed by atoms with Gasteiger partial charge in [-0.25, -0.2) is 8.42 Å². The van der Waals surface area contributed by atoms with Crippen LogP contribution in [0.25, 0.3) is 0 Å². The molecule has 0 aromatic carbocycles. The Morgan fingerprint density at radius 2 is 1.78 bits per heavy atom. The number of rotatable bonds is 5. The van der Waals surface area contributed by atoms with Crippen LogP contribution in [0.5, 0.6) is 0 Å². The summed E-state index contributed by atoms with van der Waals surface area (Å²) < 4.78 is 23.3. The van der Waals surface area contributed by atoms with Crippen LogP contribution >= 0.6 is 0 Å². The van der Waals surface area contributed by atoms with Crippen LogP contribution in [-0.2, 0) is 9.84 Å². The highest BCUT2D eigenvalue weighted by molar-refractivity contribution is 7.91. The van der Waals surface area contributed by atoms with Gasteiger partial charge in [-0.3, -0.25) is 4.90 Å². The molecule has 106 valence electrons. The first-order valence-electron chi connectivity index (χ1n) is 7.28. The van der Waals surface area contributed by atoms with E-state index in [0.29, 0.717) is 24.1 Å². The molecule has 18 heavy (non-hydrogen) atoms. The van der Waals surface area contributed by atoms with Crippen molar-refractivity contribution in [3.05, 3.63) is 0 Å². The standard InChI is InChI=1S/C13H26N2O2S/c14-8-4-9-15(12-5-2-1-3-6-12)13-7-10-18(16,17)11-13/h12-13H,1-11,14H2. The van der Waals surface area contributed by atoms with E-state index in [1.54, 1.807) is 0 Å². The maximum Gasteiger partial charge on any atom is 0.151 e. The zero-order chi connectivity index (χ0) is 13.0. The predicted molar refractivity (Wildman–Crippen MR) is 74.3 cm³/mol. The summed E-state index contributed by atoms with van der Waals surface area (Å²) in [5, 5.41) is 0. The van der Waals surface area contributed by atoms with Gasteiger partial charge in [0.05, 0.1) is 11.5 Å². The SMILES string of the molecule is NCCCN(C1CCCCC1)C1CCS(=O)(=O)C1. The summed E-state index contributed by atoms with van der Waals surface area (Å²) in [6.07, 6.45) is 8.20. The highest BCUT2D eigenvalue weighted by Gasteiger charge is 2.35. The Hall–Kier alpha value is -0.130. The van der Waals surface area contributed by atoms with Crippen LogP contribution in [0.4, 0.5) is 0 Å². The van der Waals surface area contributed by atoms with Gasteiger partial charge in [-0.15, -0.1) is 0 Å². The Morgan fingerprint density at radius 1 is 1.06 bits per heavy atom. The molecule has 1 heterocycles. The molecule has 0 bridgehead atoms. The molecule has 2 fully saturated rings. The van der Waals surface area contributed by atoms with E-state index in [1.807, 2.05) is 0 Å². The molecule has 2 aliphatic rings. The van der Waals surface area contributed by atoms with Crippen molar-refractivity contribution in [1.82, 2.24) is 4.90 Å². The quantitative estimate of drug-likeness (QED) is 0.817. The molecule has 0 aromatic rings. The van der Waals surface area contributed by atoms with Crippen LogP contribution < -0.4 is 5.73 Å². The first kappa shape index (κ1) is 14.3. The minimum Gasteiger partial charge on any atom is -0.330 e. The third kappa shape index (κ3) is 3.68. The molecule has 0 spiro atoms. The van der Waals surface area contributed by atoms with E-state index in [4.69, 9.17) is 5.73 Å². The molecule has 1 aliphatic heterocycles. The molecule has 2 rings (SSSR count). The van der Waals surface area contributed by atoms with Crippen molar-refractivity contribution < 1.29 is 8.42 Å². The minimum atomic E-state index is -2.78. The summed E-state index contributed by atoms with van der Waals surface area (Å²) in [6.45, 7) is 1.67. The minimum absolute atomic E-state index is 0.254. The smallest absolute Gasteiger partial charge is 0.151 e. The Morgan fingerprint density at radius 3 is 2.33 bits per heavy atom. The van der Waals surface area contributed by atoms with Gasteiger partial charge >= 0.3 is 0 Å². The molecule has 0 aromatic heterocycles. The zero-order valence-corrected chi connectivity index (χ0v) is 12.0. The third-order valence-corrected chi connectivity index (χ3v) is 6.09. The second kappa shape index (κ2) is 6.35. The van der Waals surface area contributed by atoms with E-state index >= 15 is 0 Å². The molecular formula is C13H26N2O2S. The highest BCUT2D eigenvalue weighted by Crippen LogP contribution is 2.28. The maximum absolute atomic E-state index is 11.7. The Labute approximate surface area is 111 Å². The topological polar surface area (TPSA) is 63.4 Å². The number of hydrogen-bond acceptors (Lipinski definition) is 4. The lowest BCUT2D eigenvalue weighted by atomic mass is 9.93. The Bertz CT molecular complexity index is 350. The zero-order valence-electron chi connectivity index (χ0n) is 11.2. The van der Waals surface area contributed by atoms with Gasteiger partial charge in [0.15, 0.2) is 9.84 Å². The van der Waals surface area contributed by atoms with Gasteiger partial charge in [0.1, 0.15) is 0 Å². The summed E-state index contributed by atoms with van der Waals surface area (Å²) in [7, 11) is -2.78. The van der Waals surface area contributed by atoms with E-state index in [0.717, 1.165) is 19.4 Å². The van der Waals surface area contributed by atoms with Crippen molar-refractivity contribution in [2.75, 3.05) is 24.6 Å². The maximum atomic E-state index is 11.7. The summed E-state index contributed by atoms with van der Waals surface area (Å²) in [5.41, 5.74) is 5.61. The second-order valence-electron chi connectivity index (χ2n) is 5.73. The fourth-order valence-corrected chi connectivity index (χ4v) is 5.13. The lowest BCUT2D eigenvalue weighted by Gasteiger charge is -2.38. The largest absolute Gasteiger partial charge is 0.330 e. The van der Waals surface area contributed by atoms with E-state index < -0.39 is 9.84 Å². The third-order valence-electron chi connectivity index (χ3n) is 4.34. The van der Waals surface area contributed by atoms with Crippen molar-refractivity contribution in [3.63, 3.8) is 0 Å². The molecule has 1 saturated heterocycles. The fraction of sp³-hybridized carbons (Fsp3) is 1.00. The van der Waals surface area contributed by atoms with Crippen LogP contribution in [0.1, 0.15) is 44.9 Å². The van der Waals surface area contributed by atoms with Crippen LogP contribution in [0.3, 0.4) is 0 Å². The van der Waals surface area contributed by atoms with Crippen molar-refractivity contribution in [3.8, 4) is 0 Å². The summed E-state index contributed by atoms with van der Waals surface area (Å²) in [5.74, 6) is 0.748. The van der Waals surface area contributed by atoms with E-state index in [9.17, 15) is 8.42 Å². The van der Waals surface area contributed by atoms with Gasteiger partial charge in [-0.1, -0.05) is 19.3 Å². The van der Waals surface area contributed by atoms with Crippen molar-refractivity contribution >= 4 is 9.84 Å². The summed E-state index contributed by atoms with van der Waals surface area (Å²) in [4.78, 5) is 2.47. The predicted octanol–water partition coefficient (Wildman–Crippen LogP) is 1.16. The van der Waals surface area contributed by atoms with E-state index in [-0.39, 0.29) is 6.04 Å². The Kier molecular flexibility index (Phi) is 5.04. The summed E-state index contributed by atoms with van der Waals surface area (Å²) in [6, 6.07) is 0.855. The highest BCUT2D eigenvalue weighted by atomic mass is 32.2. The molecule has 1 unspecified atom stereocenters. The Balaban J connectivity index is 1.99. The molecule has 1 saturated carbocycles. The van der Waals surface area contributed by atoms with Crippen LogP contribution in [0.15, 0.2) is 0 Å². The fourth-order valence-electron chi connectivity index (χ4n) is 3.39. The molecule has 1 aliphatic carbocycles. The lowest BCUT2D eigenvalue weighted by molar-refractivity contribution is 0.114. The summed E-state index contributed by atoms with van der Waals surface area (Å²) >= 11 is 0.